The maximum absolute atomic E-state index is 12.7. The molecule has 4 amide bonds. The molecule has 0 saturated carbocycles. The van der Waals surface area contributed by atoms with Crippen molar-refractivity contribution >= 4 is 41.2 Å². The lowest BCUT2D eigenvalue weighted by atomic mass is 9.92. The minimum absolute atomic E-state index is 0.0167. The highest BCUT2D eigenvalue weighted by atomic mass is 35.5. The first-order chi connectivity index (χ1) is 12.4. The average molecular weight is 390 g/mol. The van der Waals surface area contributed by atoms with Gasteiger partial charge in [-0.05, 0) is 24.6 Å². The van der Waals surface area contributed by atoms with Gasteiger partial charge in [-0.2, -0.15) is 5.01 Å². The van der Waals surface area contributed by atoms with Gasteiger partial charge in [0.1, 0.15) is 5.54 Å². The Labute approximate surface area is 159 Å². The maximum atomic E-state index is 12.7. The number of nitrogens with one attached hydrogen (secondary N) is 2. The van der Waals surface area contributed by atoms with Gasteiger partial charge in [-0.3, -0.25) is 15.0 Å². The fraction of sp³-hybridized carbons (Fsp3) is 0.167. The third kappa shape index (κ3) is 3.54. The Morgan fingerprint density at radius 1 is 1.15 bits per heavy atom. The number of hydrogen-bond acceptors (Lipinski definition) is 4. The van der Waals surface area contributed by atoms with E-state index in [1.54, 1.807) is 49.4 Å². The van der Waals surface area contributed by atoms with Gasteiger partial charge >= 0.3 is 6.03 Å². The Kier molecular flexibility index (Phi) is 5.20. The fourth-order valence-corrected chi connectivity index (χ4v) is 3.60. The van der Waals surface area contributed by atoms with Crippen molar-refractivity contribution in [2.45, 2.75) is 17.4 Å². The Balaban J connectivity index is 1.66. The zero-order chi connectivity index (χ0) is 18.7. The highest BCUT2D eigenvalue weighted by Gasteiger charge is 2.49. The Morgan fingerprint density at radius 3 is 2.50 bits per heavy atom. The molecule has 1 aliphatic heterocycles. The van der Waals surface area contributed by atoms with Gasteiger partial charge in [0.05, 0.1) is 10.8 Å². The van der Waals surface area contributed by atoms with Gasteiger partial charge in [0.2, 0.25) is 5.91 Å². The minimum atomic E-state index is -1.22. The molecule has 1 aliphatic rings. The van der Waals surface area contributed by atoms with E-state index in [0.717, 1.165) is 9.90 Å². The number of hydrazine groups is 1. The number of urea groups is 1. The van der Waals surface area contributed by atoms with E-state index in [4.69, 9.17) is 11.6 Å². The molecule has 0 unspecified atom stereocenters. The zero-order valence-corrected chi connectivity index (χ0v) is 15.4. The lowest BCUT2D eigenvalue weighted by Crippen LogP contribution is -2.48. The highest BCUT2D eigenvalue weighted by Crippen LogP contribution is 2.28. The minimum Gasteiger partial charge on any atom is -0.318 e. The smallest absolute Gasteiger partial charge is 0.318 e. The number of halogens is 1. The van der Waals surface area contributed by atoms with Crippen molar-refractivity contribution in [2.24, 2.45) is 0 Å². The number of rotatable bonds is 5. The second-order valence-electron chi connectivity index (χ2n) is 5.82. The van der Waals surface area contributed by atoms with E-state index < -0.39 is 23.4 Å². The molecule has 0 spiro atoms. The number of carbonyl (C=O) groups excluding carboxylic acids is 3. The molecule has 0 aliphatic carbocycles. The van der Waals surface area contributed by atoms with Crippen molar-refractivity contribution in [3.63, 3.8) is 0 Å². The third-order valence-electron chi connectivity index (χ3n) is 3.97. The summed E-state index contributed by atoms with van der Waals surface area (Å²) in [5, 5.41) is 3.89. The van der Waals surface area contributed by atoms with E-state index >= 15 is 0 Å². The summed E-state index contributed by atoms with van der Waals surface area (Å²) in [7, 11) is 0. The summed E-state index contributed by atoms with van der Waals surface area (Å²) in [4.78, 5) is 37.8. The van der Waals surface area contributed by atoms with Crippen LogP contribution in [0.5, 0.6) is 0 Å². The topological polar surface area (TPSA) is 78.5 Å². The van der Waals surface area contributed by atoms with Crippen LogP contribution in [-0.4, -0.2) is 28.6 Å². The van der Waals surface area contributed by atoms with Crippen LogP contribution in [0.1, 0.15) is 12.5 Å². The normalized spacial score (nSPS) is 19.4. The maximum Gasteiger partial charge on any atom is 0.344 e. The average Bonchev–Trinajstić information content (AvgIpc) is 2.86. The van der Waals surface area contributed by atoms with Gasteiger partial charge in [-0.1, -0.05) is 54.1 Å². The Hall–Kier alpha value is -2.51. The molecule has 2 aromatic rings. The van der Waals surface area contributed by atoms with Crippen LogP contribution >= 0.6 is 23.4 Å². The van der Waals surface area contributed by atoms with Crippen molar-refractivity contribution < 1.29 is 14.4 Å². The first kappa shape index (κ1) is 18.3. The van der Waals surface area contributed by atoms with E-state index in [9.17, 15) is 14.4 Å². The molecule has 26 heavy (non-hydrogen) atoms. The zero-order valence-electron chi connectivity index (χ0n) is 13.9. The van der Waals surface area contributed by atoms with Crippen molar-refractivity contribution in [1.82, 2.24) is 15.8 Å². The SMILES string of the molecule is C[C@@]1(c2ccccc2)NC(=O)N(NC(=O)CSc2ccccc2Cl)C1=O. The quantitative estimate of drug-likeness (QED) is 0.608. The predicted octanol–water partition coefficient (Wildman–Crippen LogP) is 2.93. The number of nitrogens with zero attached hydrogens (tertiary/aromatic N) is 1. The lowest BCUT2D eigenvalue weighted by molar-refractivity contribution is -0.138. The first-order valence-corrected chi connectivity index (χ1v) is 9.17. The molecule has 1 fully saturated rings. The number of carbonyl (C=O) groups is 3. The van der Waals surface area contributed by atoms with E-state index in [2.05, 4.69) is 10.7 Å². The van der Waals surface area contributed by atoms with Crippen molar-refractivity contribution in [3.8, 4) is 0 Å². The fourth-order valence-electron chi connectivity index (χ4n) is 2.57. The van der Waals surface area contributed by atoms with Crippen LogP contribution in [0.3, 0.4) is 0 Å². The van der Waals surface area contributed by atoms with Gasteiger partial charge < -0.3 is 5.32 Å². The summed E-state index contributed by atoms with van der Waals surface area (Å²) in [5.41, 5.74) is 1.78. The van der Waals surface area contributed by atoms with Crippen LogP contribution in [0.4, 0.5) is 4.79 Å². The molecule has 1 atom stereocenters. The van der Waals surface area contributed by atoms with Crippen LogP contribution in [0, 0.1) is 0 Å². The van der Waals surface area contributed by atoms with Gasteiger partial charge in [0, 0.05) is 4.90 Å². The molecule has 8 heteroatoms. The number of imide groups is 1. The summed E-state index contributed by atoms with van der Waals surface area (Å²) in [6.07, 6.45) is 0. The summed E-state index contributed by atoms with van der Waals surface area (Å²) < 4.78 is 0. The Bertz CT molecular complexity index is 862. The van der Waals surface area contributed by atoms with Crippen molar-refractivity contribution in [1.29, 1.82) is 0 Å². The molecule has 0 bridgehead atoms. The van der Waals surface area contributed by atoms with Gasteiger partial charge in [-0.25, -0.2) is 4.79 Å². The number of benzene rings is 2. The second kappa shape index (κ2) is 7.39. The monoisotopic (exact) mass is 389 g/mol. The van der Waals surface area contributed by atoms with E-state index in [1.165, 1.54) is 11.8 Å². The van der Waals surface area contributed by atoms with Crippen molar-refractivity contribution in [3.05, 3.63) is 65.2 Å². The van der Waals surface area contributed by atoms with Gasteiger partial charge in [-0.15, -0.1) is 11.8 Å². The highest BCUT2D eigenvalue weighted by molar-refractivity contribution is 8.00. The summed E-state index contributed by atoms with van der Waals surface area (Å²) in [6.45, 7) is 1.60. The number of thioether (sulfide) groups is 1. The van der Waals surface area contributed by atoms with Gasteiger partial charge in [0.25, 0.3) is 5.91 Å². The molecule has 3 rings (SSSR count). The number of hydrogen-bond donors (Lipinski definition) is 2. The molecule has 134 valence electrons. The standard InChI is InChI=1S/C18H16ClN3O3S/c1-18(12-7-3-2-4-8-12)16(24)22(17(25)20-18)21-15(23)11-26-14-10-6-5-9-13(14)19/h2-10H,11H2,1H3,(H,20,25)(H,21,23)/t18-/m0/s1. The number of amides is 4. The molecule has 1 heterocycles. The van der Waals surface area contributed by atoms with Gasteiger partial charge in [0.15, 0.2) is 0 Å². The predicted molar refractivity (Wildman–Crippen MR) is 99.5 cm³/mol. The van der Waals surface area contributed by atoms with Crippen LogP contribution in [0.25, 0.3) is 0 Å². The van der Waals surface area contributed by atoms with E-state index in [-0.39, 0.29) is 5.75 Å². The van der Waals surface area contributed by atoms with Crippen LogP contribution in [0.2, 0.25) is 5.02 Å². The van der Waals surface area contributed by atoms with E-state index in [0.29, 0.717) is 10.6 Å². The van der Waals surface area contributed by atoms with Crippen LogP contribution < -0.4 is 10.7 Å². The third-order valence-corrected chi connectivity index (χ3v) is 5.49. The summed E-state index contributed by atoms with van der Waals surface area (Å²) >= 11 is 7.27. The molecule has 1 saturated heterocycles. The molecule has 2 aromatic carbocycles. The van der Waals surface area contributed by atoms with Crippen LogP contribution in [-0.2, 0) is 15.1 Å². The van der Waals surface area contributed by atoms with E-state index in [1.807, 2.05) is 12.1 Å². The largest absolute Gasteiger partial charge is 0.344 e. The Morgan fingerprint density at radius 2 is 1.81 bits per heavy atom. The summed E-state index contributed by atoms with van der Waals surface area (Å²) in [5.74, 6) is -0.997. The molecule has 6 nitrogen and oxygen atoms in total. The summed E-state index contributed by atoms with van der Waals surface area (Å²) in [6, 6.07) is 15.3. The molecular formula is C18H16ClN3O3S. The lowest BCUT2D eigenvalue weighted by Gasteiger charge is -2.22. The molecule has 0 aromatic heterocycles. The van der Waals surface area contributed by atoms with Crippen molar-refractivity contribution in [2.75, 3.05) is 5.75 Å². The molecule has 2 N–H and O–H groups in total. The first-order valence-electron chi connectivity index (χ1n) is 7.81. The molecule has 0 radical (unpaired) electrons. The van der Waals surface area contributed by atoms with Crippen LogP contribution in [0.15, 0.2) is 59.5 Å². The molecular weight excluding hydrogens is 374 g/mol. The second-order valence-corrected chi connectivity index (χ2v) is 7.24.